The normalized spacial score (nSPS) is 35.9. The van der Waals surface area contributed by atoms with Crippen molar-refractivity contribution >= 4 is 5.91 Å². The number of carbonyl (C=O) groups is 1. The minimum absolute atomic E-state index is 0.00988. The summed E-state index contributed by atoms with van der Waals surface area (Å²) in [6.07, 6.45) is 1.85. The monoisotopic (exact) mass is 199 g/mol. The van der Waals surface area contributed by atoms with Gasteiger partial charge in [-0.15, -0.1) is 0 Å². The third-order valence-electron chi connectivity index (χ3n) is 3.22. The average molecular weight is 199 g/mol. The SMILES string of the molecule is CC1(C)OC[C@@H]2CC[C@@H](CO)N2C1=O. The van der Waals surface area contributed by atoms with Gasteiger partial charge in [0.05, 0.1) is 25.3 Å². The number of rotatable bonds is 1. The Bertz CT molecular complexity index is 246. The Morgan fingerprint density at radius 1 is 1.57 bits per heavy atom. The first-order chi connectivity index (χ1) is 6.56. The van der Waals surface area contributed by atoms with Gasteiger partial charge in [-0.2, -0.15) is 0 Å². The Labute approximate surface area is 83.8 Å². The molecule has 80 valence electrons. The minimum Gasteiger partial charge on any atom is -0.394 e. The van der Waals surface area contributed by atoms with E-state index >= 15 is 0 Å². The van der Waals surface area contributed by atoms with Crippen LogP contribution in [0.25, 0.3) is 0 Å². The van der Waals surface area contributed by atoms with Gasteiger partial charge in [0.1, 0.15) is 5.60 Å². The van der Waals surface area contributed by atoms with Crippen molar-refractivity contribution in [2.24, 2.45) is 0 Å². The summed E-state index contributed by atoms with van der Waals surface area (Å²) in [6.45, 7) is 4.25. The van der Waals surface area contributed by atoms with Crippen LogP contribution in [0.4, 0.5) is 0 Å². The molecule has 0 aromatic heterocycles. The molecule has 2 saturated heterocycles. The van der Waals surface area contributed by atoms with Crippen LogP contribution in [0.1, 0.15) is 26.7 Å². The fourth-order valence-corrected chi connectivity index (χ4v) is 2.31. The van der Waals surface area contributed by atoms with E-state index in [0.717, 1.165) is 12.8 Å². The summed E-state index contributed by atoms with van der Waals surface area (Å²) in [7, 11) is 0. The Morgan fingerprint density at radius 2 is 2.29 bits per heavy atom. The van der Waals surface area contributed by atoms with Gasteiger partial charge in [-0.25, -0.2) is 0 Å². The molecule has 0 aromatic carbocycles. The van der Waals surface area contributed by atoms with E-state index in [2.05, 4.69) is 0 Å². The molecule has 0 spiro atoms. The molecule has 4 nitrogen and oxygen atoms in total. The molecule has 1 amide bonds. The molecule has 0 bridgehead atoms. The second-order valence-electron chi connectivity index (χ2n) is 4.60. The first kappa shape index (κ1) is 9.93. The van der Waals surface area contributed by atoms with Gasteiger partial charge < -0.3 is 14.7 Å². The van der Waals surface area contributed by atoms with Crippen LogP contribution in [0.15, 0.2) is 0 Å². The summed E-state index contributed by atoms with van der Waals surface area (Å²) in [4.78, 5) is 13.8. The molecule has 0 aliphatic carbocycles. The molecule has 2 rings (SSSR count). The van der Waals surface area contributed by atoms with E-state index in [1.807, 2.05) is 4.90 Å². The van der Waals surface area contributed by atoms with Crippen molar-refractivity contribution in [1.29, 1.82) is 0 Å². The van der Waals surface area contributed by atoms with Crippen LogP contribution in [0.5, 0.6) is 0 Å². The molecule has 1 N–H and O–H groups in total. The van der Waals surface area contributed by atoms with Gasteiger partial charge in [-0.3, -0.25) is 4.79 Å². The first-order valence-corrected chi connectivity index (χ1v) is 5.14. The van der Waals surface area contributed by atoms with Crippen molar-refractivity contribution in [2.45, 2.75) is 44.4 Å². The number of nitrogens with zero attached hydrogens (tertiary/aromatic N) is 1. The predicted molar refractivity (Wildman–Crippen MR) is 50.8 cm³/mol. The zero-order valence-corrected chi connectivity index (χ0v) is 8.69. The lowest BCUT2D eigenvalue weighted by Gasteiger charge is -2.41. The number of fused-ring (bicyclic) bond motifs is 1. The van der Waals surface area contributed by atoms with Crippen LogP contribution in [-0.4, -0.2) is 46.8 Å². The largest absolute Gasteiger partial charge is 0.394 e. The van der Waals surface area contributed by atoms with Crippen LogP contribution in [0.2, 0.25) is 0 Å². The van der Waals surface area contributed by atoms with E-state index in [0.29, 0.717) is 6.61 Å². The van der Waals surface area contributed by atoms with E-state index in [-0.39, 0.29) is 24.6 Å². The lowest BCUT2D eigenvalue weighted by molar-refractivity contribution is -0.174. The fraction of sp³-hybridized carbons (Fsp3) is 0.900. The standard InChI is InChI=1S/C10H17NO3/c1-10(2)9(13)11-7(5-12)3-4-8(11)6-14-10/h7-8,12H,3-6H2,1-2H3/t7-,8-/m0/s1. The van der Waals surface area contributed by atoms with Gasteiger partial charge in [0, 0.05) is 0 Å². The topological polar surface area (TPSA) is 49.8 Å². The summed E-state index contributed by atoms with van der Waals surface area (Å²) < 4.78 is 5.51. The number of amides is 1. The zero-order chi connectivity index (χ0) is 10.3. The molecule has 0 aromatic rings. The molecule has 0 radical (unpaired) electrons. The number of ether oxygens (including phenoxy) is 1. The molecule has 14 heavy (non-hydrogen) atoms. The van der Waals surface area contributed by atoms with Crippen molar-refractivity contribution in [3.05, 3.63) is 0 Å². The number of aliphatic hydroxyl groups is 1. The Kier molecular flexibility index (Phi) is 2.27. The van der Waals surface area contributed by atoms with Gasteiger partial charge in [-0.05, 0) is 26.7 Å². The molecule has 4 heteroatoms. The number of carbonyl (C=O) groups excluding carboxylic acids is 1. The minimum atomic E-state index is -0.714. The second kappa shape index (κ2) is 3.21. The smallest absolute Gasteiger partial charge is 0.254 e. The van der Waals surface area contributed by atoms with E-state index < -0.39 is 5.60 Å². The molecule has 2 aliphatic rings. The third-order valence-corrected chi connectivity index (χ3v) is 3.22. The number of morpholine rings is 1. The van der Waals surface area contributed by atoms with Crippen molar-refractivity contribution in [2.75, 3.05) is 13.2 Å². The number of hydrogen-bond acceptors (Lipinski definition) is 3. The Balaban J connectivity index is 2.21. The average Bonchev–Trinajstić information content (AvgIpc) is 2.55. The van der Waals surface area contributed by atoms with E-state index in [9.17, 15) is 4.79 Å². The summed E-state index contributed by atoms with van der Waals surface area (Å²) in [5, 5.41) is 9.16. The van der Waals surface area contributed by atoms with Gasteiger partial charge in [0.25, 0.3) is 5.91 Å². The highest BCUT2D eigenvalue weighted by molar-refractivity contribution is 5.86. The van der Waals surface area contributed by atoms with Crippen molar-refractivity contribution in [3.8, 4) is 0 Å². The second-order valence-corrected chi connectivity index (χ2v) is 4.60. The predicted octanol–water partition coefficient (Wildman–Crippen LogP) is 0.147. The Hall–Kier alpha value is -0.610. The third kappa shape index (κ3) is 1.33. The molecule has 2 heterocycles. The first-order valence-electron chi connectivity index (χ1n) is 5.14. The quantitative estimate of drug-likeness (QED) is 0.654. The van der Waals surface area contributed by atoms with Gasteiger partial charge in [0.15, 0.2) is 0 Å². The number of aliphatic hydroxyl groups excluding tert-OH is 1. The van der Waals surface area contributed by atoms with Crippen LogP contribution in [-0.2, 0) is 9.53 Å². The maximum absolute atomic E-state index is 12.0. The summed E-state index contributed by atoms with van der Waals surface area (Å²) in [5.74, 6) is 0.0188. The summed E-state index contributed by atoms with van der Waals surface area (Å²) in [6, 6.07) is 0.198. The Morgan fingerprint density at radius 3 is 2.93 bits per heavy atom. The maximum Gasteiger partial charge on any atom is 0.254 e. The van der Waals surface area contributed by atoms with E-state index in [1.54, 1.807) is 13.8 Å². The van der Waals surface area contributed by atoms with Crippen LogP contribution in [0.3, 0.4) is 0 Å². The molecule has 0 saturated carbocycles. The molecular formula is C10H17NO3. The molecule has 0 unspecified atom stereocenters. The number of hydrogen-bond donors (Lipinski definition) is 1. The molecule has 2 aliphatic heterocycles. The molecular weight excluding hydrogens is 182 g/mol. The van der Waals surface area contributed by atoms with Crippen LogP contribution < -0.4 is 0 Å². The lowest BCUT2D eigenvalue weighted by Crippen LogP contribution is -2.58. The van der Waals surface area contributed by atoms with E-state index in [1.165, 1.54) is 0 Å². The van der Waals surface area contributed by atoms with Crippen molar-refractivity contribution < 1.29 is 14.6 Å². The lowest BCUT2D eigenvalue weighted by atomic mass is 10.0. The van der Waals surface area contributed by atoms with Crippen molar-refractivity contribution in [1.82, 2.24) is 4.90 Å². The van der Waals surface area contributed by atoms with Gasteiger partial charge in [0.2, 0.25) is 0 Å². The van der Waals surface area contributed by atoms with Gasteiger partial charge >= 0.3 is 0 Å². The van der Waals surface area contributed by atoms with Crippen molar-refractivity contribution in [3.63, 3.8) is 0 Å². The maximum atomic E-state index is 12.0. The highest BCUT2D eigenvalue weighted by Crippen LogP contribution is 2.32. The highest BCUT2D eigenvalue weighted by Gasteiger charge is 2.47. The summed E-state index contributed by atoms with van der Waals surface area (Å²) >= 11 is 0. The summed E-state index contributed by atoms with van der Waals surface area (Å²) in [5.41, 5.74) is -0.714. The zero-order valence-electron chi connectivity index (χ0n) is 8.69. The van der Waals surface area contributed by atoms with Gasteiger partial charge in [-0.1, -0.05) is 0 Å². The fourth-order valence-electron chi connectivity index (χ4n) is 2.31. The highest BCUT2D eigenvalue weighted by atomic mass is 16.5. The van der Waals surface area contributed by atoms with E-state index in [4.69, 9.17) is 9.84 Å². The van der Waals surface area contributed by atoms with Crippen LogP contribution >= 0.6 is 0 Å². The molecule has 2 atom stereocenters. The van der Waals surface area contributed by atoms with Crippen LogP contribution in [0, 0.1) is 0 Å². The molecule has 2 fully saturated rings.